The second-order valence-electron chi connectivity index (χ2n) is 1.72. The van der Waals surface area contributed by atoms with Gasteiger partial charge in [0, 0.05) is 11.0 Å². The smallest absolute Gasteiger partial charge is 0.0123 e. The third-order valence-electron chi connectivity index (χ3n) is 1.30. The monoisotopic (exact) mass is 227 g/mol. The van der Waals surface area contributed by atoms with E-state index in [0.29, 0.717) is 0 Å². The summed E-state index contributed by atoms with van der Waals surface area (Å²) in [6.07, 6.45) is 0. The average molecular weight is 227 g/mol. The average Bonchev–Trinajstić information content (AvgIpc) is 1.83. The molecule has 0 aliphatic heterocycles. The Morgan fingerprint density at radius 2 is 1.75 bits per heavy atom. The van der Waals surface area contributed by atoms with Gasteiger partial charge in [0.2, 0.25) is 0 Å². The zero-order chi connectivity index (χ0) is 6.41. The number of nitrogens with zero attached hydrogens (tertiary/aromatic N) is 1. The molecule has 1 nitrogen and oxygen atoms in total. The normalized spacial score (nSPS) is 10.5. The summed E-state index contributed by atoms with van der Waals surface area (Å²) < 4.78 is 1.25. The van der Waals surface area contributed by atoms with E-state index in [2.05, 4.69) is 41.3 Å². The molecule has 0 saturated heterocycles. The van der Waals surface area contributed by atoms with Gasteiger partial charge in [0.05, 0.1) is 0 Å². The standard InChI is InChI=1S/C6H14IN/c1-3-8(4-2)6-5-7/h3-6H2,1-2H3. The minimum absolute atomic E-state index is 1.19. The second-order valence-corrected chi connectivity index (χ2v) is 2.79. The Labute approximate surface area is 65.6 Å². The van der Waals surface area contributed by atoms with E-state index in [1.807, 2.05) is 0 Å². The molecule has 0 bridgehead atoms. The van der Waals surface area contributed by atoms with Crippen molar-refractivity contribution in [3.05, 3.63) is 0 Å². The Morgan fingerprint density at radius 3 is 1.88 bits per heavy atom. The van der Waals surface area contributed by atoms with Gasteiger partial charge in [-0.05, 0) is 13.1 Å². The molecule has 0 radical (unpaired) electrons. The van der Waals surface area contributed by atoms with Crippen LogP contribution >= 0.6 is 22.6 Å². The minimum atomic E-state index is 1.19. The van der Waals surface area contributed by atoms with E-state index in [1.54, 1.807) is 0 Å². The number of alkyl halides is 1. The zero-order valence-corrected chi connectivity index (χ0v) is 7.81. The molecule has 0 aliphatic carbocycles. The largest absolute Gasteiger partial charge is 0.303 e. The van der Waals surface area contributed by atoms with Gasteiger partial charge < -0.3 is 4.90 Å². The molecule has 0 heterocycles. The fourth-order valence-electron chi connectivity index (χ4n) is 0.659. The molecule has 8 heavy (non-hydrogen) atoms. The van der Waals surface area contributed by atoms with E-state index >= 15 is 0 Å². The molecular weight excluding hydrogens is 213 g/mol. The van der Waals surface area contributed by atoms with Crippen LogP contribution in [0.5, 0.6) is 0 Å². The quantitative estimate of drug-likeness (QED) is 0.522. The van der Waals surface area contributed by atoms with Gasteiger partial charge in [0.1, 0.15) is 0 Å². The lowest BCUT2D eigenvalue weighted by Gasteiger charge is -2.15. The Balaban J connectivity index is 3.07. The maximum Gasteiger partial charge on any atom is 0.0123 e. The van der Waals surface area contributed by atoms with Crippen LogP contribution in [0.2, 0.25) is 0 Å². The molecule has 0 aliphatic rings. The van der Waals surface area contributed by atoms with Crippen molar-refractivity contribution >= 4 is 22.6 Å². The van der Waals surface area contributed by atoms with E-state index < -0.39 is 0 Å². The molecule has 0 N–H and O–H groups in total. The molecule has 0 atom stereocenters. The Bertz CT molecular complexity index is 43.8. The van der Waals surface area contributed by atoms with Crippen molar-refractivity contribution < 1.29 is 0 Å². The van der Waals surface area contributed by atoms with Crippen LogP contribution in [0.1, 0.15) is 13.8 Å². The number of hydrogen-bond acceptors (Lipinski definition) is 1. The van der Waals surface area contributed by atoms with Crippen molar-refractivity contribution in [1.29, 1.82) is 0 Å². The highest BCUT2D eigenvalue weighted by molar-refractivity contribution is 14.1. The van der Waals surface area contributed by atoms with Gasteiger partial charge in [-0.2, -0.15) is 0 Å². The van der Waals surface area contributed by atoms with E-state index in [0.717, 1.165) is 0 Å². The van der Waals surface area contributed by atoms with Gasteiger partial charge in [0.15, 0.2) is 0 Å². The van der Waals surface area contributed by atoms with E-state index in [1.165, 1.54) is 24.1 Å². The Kier molecular flexibility index (Phi) is 6.32. The molecule has 0 aromatic heterocycles. The maximum absolute atomic E-state index is 2.42. The van der Waals surface area contributed by atoms with Gasteiger partial charge in [-0.15, -0.1) is 0 Å². The van der Waals surface area contributed by atoms with Gasteiger partial charge in [-0.3, -0.25) is 0 Å². The molecule has 0 aromatic rings. The minimum Gasteiger partial charge on any atom is -0.303 e. The molecule has 0 spiro atoms. The summed E-state index contributed by atoms with van der Waals surface area (Å²) in [5.74, 6) is 0. The summed E-state index contributed by atoms with van der Waals surface area (Å²) in [4.78, 5) is 2.42. The lowest BCUT2D eigenvalue weighted by molar-refractivity contribution is 0.325. The van der Waals surface area contributed by atoms with Gasteiger partial charge >= 0.3 is 0 Å². The van der Waals surface area contributed by atoms with Crippen LogP contribution in [0.25, 0.3) is 0 Å². The van der Waals surface area contributed by atoms with Crippen LogP contribution in [-0.4, -0.2) is 29.0 Å². The first-order valence-corrected chi connectivity index (χ1v) is 4.66. The third kappa shape index (κ3) is 3.66. The number of hydrogen-bond donors (Lipinski definition) is 0. The van der Waals surface area contributed by atoms with Gasteiger partial charge in [-0.25, -0.2) is 0 Å². The Hall–Kier alpha value is 0.690. The fourth-order valence-corrected chi connectivity index (χ4v) is 1.34. The first kappa shape index (κ1) is 8.69. The lowest BCUT2D eigenvalue weighted by Crippen LogP contribution is -2.24. The molecule has 0 saturated carbocycles. The van der Waals surface area contributed by atoms with Gasteiger partial charge in [-0.1, -0.05) is 36.4 Å². The van der Waals surface area contributed by atoms with E-state index in [9.17, 15) is 0 Å². The molecule has 0 fully saturated rings. The van der Waals surface area contributed by atoms with Crippen molar-refractivity contribution in [3.8, 4) is 0 Å². The predicted octanol–water partition coefficient (Wildman–Crippen LogP) is 1.76. The molecule has 50 valence electrons. The summed E-state index contributed by atoms with van der Waals surface area (Å²) >= 11 is 2.41. The summed E-state index contributed by atoms with van der Waals surface area (Å²) in [6, 6.07) is 0. The third-order valence-corrected chi connectivity index (χ3v) is 1.78. The van der Waals surface area contributed by atoms with E-state index in [-0.39, 0.29) is 0 Å². The Morgan fingerprint density at radius 1 is 1.25 bits per heavy atom. The van der Waals surface area contributed by atoms with Crippen molar-refractivity contribution in [3.63, 3.8) is 0 Å². The van der Waals surface area contributed by atoms with Crippen LogP contribution in [-0.2, 0) is 0 Å². The van der Waals surface area contributed by atoms with Crippen LogP contribution in [0, 0.1) is 0 Å². The van der Waals surface area contributed by atoms with Crippen molar-refractivity contribution in [2.24, 2.45) is 0 Å². The highest BCUT2D eigenvalue weighted by Gasteiger charge is 1.93. The van der Waals surface area contributed by atoms with Crippen LogP contribution < -0.4 is 0 Å². The first-order chi connectivity index (χ1) is 3.85. The predicted molar refractivity (Wildman–Crippen MR) is 46.7 cm³/mol. The molecule has 0 aromatic carbocycles. The fraction of sp³-hybridized carbons (Fsp3) is 1.00. The van der Waals surface area contributed by atoms with Crippen molar-refractivity contribution in [1.82, 2.24) is 4.90 Å². The summed E-state index contributed by atoms with van der Waals surface area (Å²) in [7, 11) is 0. The number of halogens is 1. The summed E-state index contributed by atoms with van der Waals surface area (Å²) in [6.45, 7) is 8.04. The first-order valence-electron chi connectivity index (χ1n) is 3.13. The van der Waals surface area contributed by atoms with Crippen molar-refractivity contribution in [2.75, 3.05) is 24.1 Å². The lowest BCUT2D eigenvalue weighted by atomic mass is 10.5. The van der Waals surface area contributed by atoms with Crippen LogP contribution in [0.4, 0.5) is 0 Å². The zero-order valence-electron chi connectivity index (χ0n) is 5.65. The molecule has 0 amide bonds. The molecule has 0 rings (SSSR count). The van der Waals surface area contributed by atoms with Crippen molar-refractivity contribution in [2.45, 2.75) is 13.8 Å². The second kappa shape index (κ2) is 5.82. The molecular formula is C6H14IN. The topological polar surface area (TPSA) is 3.24 Å². The summed E-state index contributed by atoms with van der Waals surface area (Å²) in [5, 5.41) is 0. The maximum atomic E-state index is 2.42. The highest BCUT2D eigenvalue weighted by atomic mass is 127. The SMILES string of the molecule is CCN(CC)CCI. The highest BCUT2D eigenvalue weighted by Crippen LogP contribution is 1.88. The molecule has 0 unspecified atom stereocenters. The van der Waals surface area contributed by atoms with E-state index in [4.69, 9.17) is 0 Å². The number of rotatable bonds is 4. The summed E-state index contributed by atoms with van der Waals surface area (Å²) in [5.41, 5.74) is 0. The van der Waals surface area contributed by atoms with Crippen LogP contribution in [0.15, 0.2) is 0 Å². The van der Waals surface area contributed by atoms with Gasteiger partial charge in [0.25, 0.3) is 0 Å². The van der Waals surface area contributed by atoms with Crippen LogP contribution in [0.3, 0.4) is 0 Å². The molecule has 2 heteroatoms.